The van der Waals surface area contributed by atoms with Crippen LogP contribution in [0, 0.1) is 0 Å². The number of thiocarbonyl (C=S) groups is 1. The first-order valence-corrected chi connectivity index (χ1v) is 6.20. The Morgan fingerprint density at radius 3 is 3.00 bits per heavy atom. The van der Waals surface area contributed by atoms with Gasteiger partial charge in [0, 0.05) is 10.9 Å². The second-order valence-corrected chi connectivity index (χ2v) is 4.96. The van der Waals surface area contributed by atoms with E-state index in [1.807, 2.05) is 18.2 Å². The van der Waals surface area contributed by atoms with E-state index in [0.29, 0.717) is 11.6 Å². The molecule has 2 N–H and O–H groups in total. The van der Waals surface area contributed by atoms with Crippen molar-refractivity contribution in [3.8, 4) is 5.75 Å². The summed E-state index contributed by atoms with van der Waals surface area (Å²) in [7, 11) is 0. The van der Waals surface area contributed by atoms with E-state index >= 15 is 0 Å². The van der Waals surface area contributed by atoms with E-state index in [2.05, 4.69) is 15.9 Å². The molecule has 0 bridgehead atoms. The fraction of sp³-hybridized carbons (Fsp3) is 0.364. The number of ether oxygens (including phenoxy) is 2. The first kappa shape index (κ1) is 11.8. The van der Waals surface area contributed by atoms with Gasteiger partial charge in [0.05, 0.1) is 18.8 Å². The highest BCUT2D eigenvalue weighted by atomic mass is 79.9. The van der Waals surface area contributed by atoms with Crippen LogP contribution in [-0.2, 0) is 4.74 Å². The van der Waals surface area contributed by atoms with Gasteiger partial charge in [-0.05, 0) is 18.2 Å². The van der Waals surface area contributed by atoms with Crippen LogP contribution in [0.15, 0.2) is 22.7 Å². The number of benzene rings is 1. The van der Waals surface area contributed by atoms with Crippen molar-refractivity contribution in [2.45, 2.75) is 12.5 Å². The van der Waals surface area contributed by atoms with E-state index in [0.717, 1.165) is 28.8 Å². The molecule has 1 saturated heterocycles. The highest BCUT2D eigenvalue weighted by Gasteiger charge is 2.19. The Bertz CT molecular complexity index is 405. The zero-order chi connectivity index (χ0) is 11.5. The van der Waals surface area contributed by atoms with Gasteiger partial charge in [0.15, 0.2) is 0 Å². The molecule has 1 aliphatic heterocycles. The van der Waals surface area contributed by atoms with Crippen LogP contribution in [0.5, 0.6) is 5.75 Å². The average molecular weight is 302 g/mol. The molecule has 1 aliphatic rings. The molecule has 0 saturated carbocycles. The normalized spacial score (nSPS) is 19.7. The fourth-order valence-electron chi connectivity index (χ4n) is 1.58. The molecule has 1 heterocycles. The van der Waals surface area contributed by atoms with Gasteiger partial charge in [0.2, 0.25) is 0 Å². The van der Waals surface area contributed by atoms with Gasteiger partial charge in [0.1, 0.15) is 16.8 Å². The SMILES string of the molecule is NC(=S)c1ccc(Br)cc1OC1CCOC1. The molecule has 1 aromatic rings. The third-order valence-corrected chi connectivity index (χ3v) is 3.10. The maximum atomic E-state index is 5.83. The van der Waals surface area contributed by atoms with Gasteiger partial charge in [-0.1, -0.05) is 28.1 Å². The van der Waals surface area contributed by atoms with Crippen LogP contribution in [0.1, 0.15) is 12.0 Å². The number of rotatable bonds is 3. The van der Waals surface area contributed by atoms with Gasteiger partial charge >= 0.3 is 0 Å². The second-order valence-electron chi connectivity index (χ2n) is 3.61. The van der Waals surface area contributed by atoms with Crippen molar-refractivity contribution in [2.24, 2.45) is 5.73 Å². The maximum absolute atomic E-state index is 5.83. The van der Waals surface area contributed by atoms with Crippen LogP contribution in [0.25, 0.3) is 0 Å². The van der Waals surface area contributed by atoms with Crippen LogP contribution in [0.3, 0.4) is 0 Å². The average Bonchev–Trinajstić information content (AvgIpc) is 2.70. The summed E-state index contributed by atoms with van der Waals surface area (Å²) in [5.74, 6) is 0.720. The third kappa shape index (κ3) is 2.72. The fourth-order valence-corrected chi connectivity index (χ4v) is 2.09. The van der Waals surface area contributed by atoms with E-state index in [-0.39, 0.29) is 6.10 Å². The second kappa shape index (κ2) is 5.12. The van der Waals surface area contributed by atoms with Gasteiger partial charge < -0.3 is 15.2 Å². The lowest BCUT2D eigenvalue weighted by atomic mass is 10.2. The van der Waals surface area contributed by atoms with E-state index in [1.165, 1.54) is 0 Å². The van der Waals surface area contributed by atoms with Gasteiger partial charge in [0.25, 0.3) is 0 Å². The lowest BCUT2D eigenvalue weighted by molar-refractivity contribution is 0.141. The van der Waals surface area contributed by atoms with E-state index in [4.69, 9.17) is 27.4 Å². The molecule has 1 aromatic carbocycles. The summed E-state index contributed by atoms with van der Waals surface area (Å²) in [6, 6.07) is 5.64. The smallest absolute Gasteiger partial charge is 0.131 e. The molecular formula is C11H12BrNO2S. The number of halogens is 1. The number of hydrogen-bond acceptors (Lipinski definition) is 3. The van der Waals surface area contributed by atoms with Crippen LogP contribution in [-0.4, -0.2) is 24.3 Å². The molecule has 0 spiro atoms. The van der Waals surface area contributed by atoms with Crippen LogP contribution in [0.4, 0.5) is 0 Å². The van der Waals surface area contributed by atoms with E-state index in [1.54, 1.807) is 0 Å². The van der Waals surface area contributed by atoms with Crippen LogP contribution < -0.4 is 10.5 Å². The summed E-state index contributed by atoms with van der Waals surface area (Å²) in [4.78, 5) is 0.349. The molecule has 1 fully saturated rings. The van der Waals surface area contributed by atoms with E-state index in [9.17, 15) is 0 Å². The van der Waals surface area contributed by atoms with Crippen molar-refractivity contribution >= 4 is 33.1 Å². The minimum atomic E-state index is 0.0994. The Hall–Kier alpha value is -0.650. The molecule has 3 nitrogen and oxygen atoms in total. The molecular weight excluding hydrogens is 290 g/mol. The predicted molar refractivity (Wildman–Crippen MR) is 69.9 cm³/mol. The van der Waals surface area contributed by atoms with Gasteiger partial charge in [-0.25, -0.2) is 0 Å². The molecule has 1 atom stereocenters. The maximum Gasteiger partial charge on any atom is 0.131 e. The zero-order valence-electron chi connectivity index (χ0n) is 8.61. The Kier molecular flexibility index (Phi) is 3.78. The summed E-state index contributed by atoms with van der Waals surface area (Å²) >= 11 is 8.38. The lowest BCUT2D eigenvalue weighted by Gasteiger charge is -2.15. The number of hydrogen-bond donors (Lipinski definition) is 1. The van der Waals surface area contributed by atoms with Crippen molar-refractivity contribution < 1.29 is 9.47 Å². The molecule has 16 heavy (non-hydrogen) atoms. The molecule has 0 radical (unpaired) electrons. The predicted octanol–water partition coefficient (Wildman–Crippen LogP) is 2.25. The molecule has 86 valence electrons. The Morgan fingerprint density at radius 2 is 2.38 bits per heavy atom. The molecule has 1 unspecified atom stereocenters. The molecule has 0 aliphatic carbocycles. The highest BCUT2D eigenvalue weighted by molar-refractivity contribution is 9.10. The Morgan fingerprint density at radius 1 is 1.56 bits per heavy atom. The highest BCUT2D eigenvalue weighted by Crippen LogP contribution is 2.26. The van der Waals surface area contributed by atoms with Crippen LogP contribution >= 0.6 is 28.1 Å². The number of nitrogens with two attached hydrogens (primary N) is 1. The first-order chi connectivity index (χ1) is 7.66. The zero-order valence-corrected chi connectivity index (χ0v) is 11.0. The summed E-state index contributed by atoms with van der Waals surface area (Å²) < 4.78 is 12.0. The van der Waals surface area contributed by atoms with Crippen LogP contribution in [0.2, 0.25) is 0 Å². The van der Waals surface area contributed by atoms with Crippen molar-refractivity contribution in [1.29, 1.82) is 0 Å². The molecule has 0 aromatic heterocycles. The third-order valence-electron chi connectivity index (χ3n) is 2.39. The van der Waals surface area contributed by atoms with Crippen molar-refractivity contribution in [1.82, 2.24) is 0 Å². The summed E-state index contributed by atoms with van der Waals surface area (Å²) in [6.07, 6.45) is 1.01. The monoisotopic (exact) mass is 301 g/mol. The molecule has 5 heteroatoms. The topological polar surface area (TPSA) is 44.5 Å². The van der Waals surface area contributed by atoms with E-state index < -0.39 is 0 Å². The van der Waals surface area contributed by atoms with Gasteiger partial charge in [-0.2, -0.15) is 0 Å². The van der Waals surface area contributed by atoms with Gasteiger partial charge in [-0.3, -0.25) is 0 Å². The lowest BCUT2D eigenvalue weighted by Crippen LogP contribution is -2.19. The van der Waals surface area contributed by atoms with Gasteiger partial charge in [-0.15, -0.1) is 0 Å². The largest absolute Gasteiger partial charge is 0.487 e. The standard InChI is InChI=1S/C11H12BrNO2S/c12-7-1-2-9(11(13)16)10(5-7)15-8-3-4-14-6-8/h1-2,5,8H,3-4,6H2,(H2,13,16). The van der Waals surface area contributed by atoms with Crippen molar-refractivity contribution in [3.05, 3.63) is 28.2 Å². The summed E-state index contributed by atoms with van der Waals surface area (Å²) in [5.41, 5.74) is 6.41. The van der Waals surface area contributed by atoms with Crippen molar-refractivity contribution in [2.75, 3.05) is 13.2 Å². The van der Waals surface area contributed by atoms with Crippen molar-refractivity contribution in [3.63, 3.8) is 0 Å². The molecule has 2 rings (SSSR count). The minimum absolute atomic E-state index is 0.0994. The Labute approximate surface area is 108 Å². The quantitative estimate of drug-likeness (QED) is 0.870. The molecule has 0 amide bonds. The summed E-state index contributed by atoms with van der Waals surface area (Å²) in [5, 5.41) is 0. The minimum Gasteiger partial charge on any atom is -0.487 e. The summed E-state index contributed by atoms with van der Waals surface area (Å²) in [6.45, 7) is 1.38. The first-order valence-electron chi connectivity index (χ1n) is 5.00. The Balaban J connectivity index is 2.22.